The van der Waals surface area contributed by atoms with Crippen LogP contribution in [0.2, 0.25) is 0 Å². The first-order chi connectivity index (χ1) is 15.3. The Balaban J connectivity index is 1.39. The number of nitrogens with one attached hydrogen (secondary N) is 1. The predicted octanol–water partition coefficient (Wildman–Crippen LogP) is 3.47. The predicted molar refractivity (Wildman–Crippen MR) is 129 cm³/mol. The van der Waals surface area contributed by atoms with Crippen LogP contribution in [0, 0.1) is 5.92 Å². The zero-order valence-electron chi connectivity index (χ0n) is 18.1. The van der Waals surface area contributed by atoms with Crippen molar-refractivity contribution in [1.29, 1.82) is 0 Å². The molecule has 2 aromatic heterocycles. The molecule has 0 unspecified atom stereocenters. The van der Waals surface area contributed by atoms with Crippen molar-refractivity contribution in [1.82, 2.24) is 14.2 Å². The maximum absolute atomic E-state index is 13.2. The Morgan fingerprint density at radius 2 is 1.97 bits per heavy atom. The minimum absolute atomic E-state index is 0.000163. The van der Waals surface area contributed by atoms with Gasteiger partial charge in [-0.25, -0.2) is 8.42 Å². The second-order valence-electron chi connectivity index (χ2n) is 8.26. The summed E-state index contributed by atoms with van der Waals surface area (Å²) in [6.07, 6.45) is 1.82. The standard InChI is InChI=1S/C22H27N3O4S3/c1-15(2)25-19-6-5-18(14-20(19)31-22(25)27)32(28,29)24-11-8-16(9-12-24)21(26)23-10-7-17-4-3-13-30-17/h3-6,13-16H,7-12H2,1-2H3,(H,23,26). The number of amides is 1. The smallest absolute Gasteiger partial charge is 0.308 e. The van der Waals surface area contributed by atoms with Crippen molar-refractivity contribution < 1.29 is 13.2 Å². The highest BCUT2D eigenvalue weighted by molar-refractivity contribution is 7.89. The first kappa shape index (κ1) is 23.2. The fourth-order valence-electron chi connectivity index (χ4n) is 4.08. The molecule has 1 aliphatic heterocycles. The van der Waals surface area contributed by atoms with Crippen molar-refractivity contribution >= 4 is 48.8 Å². The van der Waals surface area contributed by atoms with E-state index < -0.39 is 10.0 Å². The number of thiazole rings is 1. The number of hydrogen-bond acceptors (Lipinski definition) is 6. The van der Waals surface area contributed by atoms with Crippen molar-refractivity contribution in [3.8, 4) is 0 Å². The van der Waals surface area contributed by atoms with Gasteiger partial charge in [-0.05, 0) is 62.8 Å². The highest BCUT2D eigenvalue weighted by Crippen LogP contribution is 2.28. The number of thiophene rings is 1. The molecule has 7 nitrogen and oxygen atoms in total. The molecule has 0 atom stereocenters. The van der Waals surface area contributed by atoms with E-state index in [1.807, 2.05) is 31.4 Å². The fraction of sp³-hybridized carbons (Fsp3) is 0.455. The van der Waals surface area contributed by atoms with Crippen molar-refractivity contribution in [3.63, 3.8) is 0 Å². The van der Waals surface area contributed by atoms with Gasteiger partial charge in [-0.1, -0.05) is 17.4 Å². The number of carbonyl (C=O) groups excluding carboxylic acids is 1. The SMILES string of the molecule is CC(C)n1c(=O)sc2cc(S(=O)(=O)N3CCC(C(=O)NCCc4cccs4)CC3)ccc21. The second kappa shape index (κ2) is 9.46. The van der Waals surface area contributed by atoms with Crippen molar-refractivity contribution in [2.24, 2.45) is 5.92 Å². The van der Waals surface area contributed by atoms with Crippen molar-refractivity contribution in [2.45, 2.75) is 44.0 Å². The lowest BCUT2D eigenvalue weighted by molar-refractivity contribution is -0.126. The van der Waals surface area contributed by atoms with Crippen molar-refractivity contribution in [3.05, 3.63) is 50.3 Å². The van der Waals surface area contributed by atoms with Gasteiger partial charge in [0, 0.05) is 36.5 Å². The van der Waals surface area contributed by atoms with Crippen LogP contribution in [0.5, 0.6) is 0 Å². The van der Waals surface area contributed by atoms with E-state index in [0.717, 1.165) is 23.3 Å². The van der Waals surface area contributed by atoms with Crippen LogP contribution in [0.3, 0.4) is 0 Å². The molecule has 0 spiro atoms. The average Bonchev–Trinajstić information content (AvgIpc) is 3.39. The monoisotopic (exact) mass is 493 g/mol. The molecule has 1 N–H and O–H groups in total. The number of benzene rings is 1. The Morgan fingerprint density at radius 3 is 2.62 bits per heavy atom. The summed E-state index contributed by atoms with van der Waals surface area (Å²) in [6, 6.07) is 8.94. The number of fused-ring (bicyclic) bond motifs is 1. The van der Waals surface area contributed by atoms with Gasteiger partial charge in [0.1, 0.15) is 0 Å². The fourth-order valence-corrected chi connectivity index (χ4v) is 7.41. The van der Waals surface area contributed by atoms with E-state index in [0.29, 0.717) is 37.2 Å². The molecule has 172 valence electrons. The number of aromatic nitrogens is 1. The summed E-state index contributed by atoms with van der Waals surface area (Å²) >= 11 is 2.74. The van der Waals surface area contributed by atoms with Gasteiger partial charge in [-0.15, -0.1) is 11.3 Å². The molecule has 0 aliphatic carbocycles. The van der Waals surface area contributed by atoms with Crippen LogP contribution in [-0.4, -0.2) is 42.8 Å². The van der Waals surface area contributed by atoms with Crippen LogP contribution >= 0.6 is 22.7 Å². The summed E-state index contributed by atoms with van der Waals surface area (Å²) in [4.78, 5) is 26.1. The third-order valence-corrected chi connectivity index (χ3v) is 9.56. The van der Waals surface area contributed by atoms with Gasteiger partial charge in [0.15, 0.2) is 0 Å². The van der Waals surface area contributed by atoms with Gasteiger partial charge in [0.25, 0.3) is 0 Å². The molecule has 1 fully saturated rings. The second-order valence-corrected chi connectivity index (χ2v) is 12.2. The summed E-state index contributed by atoms with van der Waals surface area (Å²) in [7, 11) is -3.67. The summed E-state index contributed by atoms with van der Waals surface area (Å²) in [6.45, 7) is 5.08. The van der Waals surface area contributed by atoms with Gasteiger partial charge in [0.05, 0.1) is 15.1 Å². The summed E-state index contributed by atoms with van der Waals surface area (Å²) in [5.41, 5.74) is 0.756. The van der Waals surface area contributed by atoms with Gasteiger partial charge < -0.3 is 5.32 Å². The number of sulfonamides is 1. The van der Waals surface area contributed by atoms with E-state index in [2.05, 4.69) is 5.32 Å². The molecule has 3 heterocycles. The molecule has 1 aliphatic rings. The largest absolute Gasteiger partial charge is 0.355 e. The maximum atomic E-state index is 13.2. The van der Waals surface area contributed by atoms with E-state index >= 15 is 0 Å². The van der Waals surface area contributed by atoms with Crippen LogP contribution in [-0.2, 0) is 21.2 Å². The summed E-state index contributed by atoms with van der Waals surface area (Å²) in [5, 5.41) is 5.00. The van der Waals surface area contributed by atoms with Crippen LogP contribution in [0.25, 0.3) is 10.2 Å². The van der Waals surface area contributed by atoms with E-state index in [1.54, 1.807) is 34.1 Å². The van der Waals surface area contributed by atoms with Gasteiger partial charge >= 0.3 is 4.87 Å². The zero-order chi connectivity index (χ0) is 22.9. The molecule has 0 saturated carbocycles. The summed E-state index contributed by atoms with van der Waals surface area (Å²) < 4.78 is 30.2. The molecular formula is C22H27N3O4S3. The first-order valence-corrected chi connectivity index (χ1v) is 13.9. The van der Waals surface area contributed by atoms with E-state index in [-0.39, 0.29) is 27.6 Å². The molecule has 1 amide bonds. The van der Waals surface area contributed by atoms with Crippen molar-refractivity contribution in [2.75, 3.05) is 19.6 Å². The average molecular weight is 494 g/mol. The van der Waals surface area contributed by atoms with Gasteiger partial charge in [0.2, 0.25) is 15.9 Å². The van der Waals surface area contributed by atoms with Gasteiger partial charge in [-0.3, -0.25) is 14.2 Å². The Labute approximate surface area is 195 Å². The first-order valence-electron chi connectivity index (χ1n) is 10.7. The Hall–Kier alpha value is -2.01. The normalized spacial score (nSPS) is 16.1. The third-order valence-electron chi connectivity index (χ3n) is 5.81. The molecule has 3 aromatic rings. The maximum Gasteiger partial charge on any atom is 0.308 e. The lowest BCUT2D eigenvalue weighted by Gasteiger charge is -2.30. The quantitative estimate of drug-likeness (QED) is 0.546. The molecule has 32 heavy (non-hydrogen) atoms. The Kier molecular flexibility index (Phi) is 6.85. The number of rotatable bonds is 7. The molecular weight excluding hydrogens is 466 g/mol. The molecule has 1 aromatic carbocycles. The minimum atomic E-state index is -3.67. The molecule has 4 rings (SSSR count). The van der Waals surface area contributed by atoms with Crippen LogP contribution in [0.4, 0.5) is 0 Å². The number of piperidine rings is 1. The highest BCUT2D eigenvalue weighted by atomic mass is 32.2. The Morgan fingerprint density at radius 1 is 1.22 bits per heavy atom. The molecule has 1 saturated heterocycles. The van der Waals surface area contributed by atoms with Crippen LogP contribution < -0.4 is 10.2 Å². The number of hydrogen-bond donors (Lipinski definition) is 1. The molecule has 0 bridgehead atoms. The van der Waals surface area contributed by atoms with E-state index in [9.17, 15) is 18.0 Å². The molecule has 10 heteroatoms. The van der Waals surface area contributed by atoms with Crippen LogP contribution in [0.1, 0.15) is 37.6 Å². The zero-order valence-corrected chi connectivity index (χ0v) is 20.6. The third kappa shape index (κ3) is 4.68. The van der Waals surface area contributed by atoms with Gasteiger partial charge in [-0.2, -0.15) is 4.31 Å². The molecule has 0 radical (unpaired) electrons. The topological polar surface area (TPSA) is 88.5 Å². The minimum Gasteiger partial charge on any atom is -0.355 e. The number of carbonyl (C=O) groups is 1. The highest BCUT2D eigenvalue weighted by Gasteiger charge is 2.32. The summed E-state index contributed by atoms with van der Waals surface area (Å²) in [5.74, 6) is -0.169. The lowest BCUT2D eigenvalue weighted by atomic mass is 9.97. The van der Waals surface area contributed by atoms with Crippen LogP contribution in [0.15, 0.2) is 45.4 Å². The van der Waals surface area contributed by atoms with E-state index in [1.165, 1.54) is 9.18 Å². The van der Waals surface area contributed by atoms with E-state index in [4.69, 9.17) is 0 Å². The lowest BCUT2D eigenvalue weighted by Crippen LogP contribution is -2.43. The number of nitrogens with zero attached hydrogens (tertiary/aromatic N) is 2. The Bertz CT molecular complexity index is 1250.